The first-order valence-electron chi connectivity index (χ1n) is 8.16. The summed E-state index contributed by atoms with van der Waals surface area (Å²) in [5.74, 6) is -1.79. The Morgan fingerprint density at radius 3 is 2.38 bits per heavy atom. The van der Waals surface area contributed by atoms with Crippen LogP contribution in [0.3, 0.4) is 0 Å². The summed E-state index contributed by atoms with van der Waals surface area (Å²) < 4.78 is 45.2. The summed E-state index contributed by atoms with van der Waals surface area (Å²) in [6.45, 7) is 0. The highest BCUT2D eigenvalue weighted by Crippen LogP contribution is 2.26. The molecule has 10 heteroatoms. The molecule has 0 atom stereocenters. The van der Waals surface area contributed by atoms with Crippen molar-refractivity contribution < 1.29 is 27.1 Å². The van der Waals surface area contributed by atoms with Crippen molar-refractivity contribution in [3.05, 3.63) is 76.9 Å². The molecule has 2 aromatic carbocycles. The number of hydrogen-bond acceptors (Lipinski definition) is 6. The predicted molar refractivity (Wildman–Crippen MR) is 107 cm³/mol. The molecule has 0 bridgehead atoms. The fourth-order valence-electron chi connectivity index (χ4n) is 2.43. The number of benzene rings is 2. The molecule has 3 rings (SSSR count). The van der Waals surface area contributed by atoms with Gasteiger partial charge in [0.05, 0.1) is 28.8 Å². The van der Waals surface area contributed by atoms with Crippen LogP contribution in [0.1, 0.15) is 20.7 Å². The number of esters is 1. The molecule has 0 saturated carbocycles. The van der Waals surface area contributed by atoms with E-state index in [-0.39, 0.29) is 26.7 Å². The Labute approximate surface area is 170 Å². The first-order chi connectivity index (χ1) is 13.8. The topological polar surface area (TPSA) is 102 Å². The Hall–Kier alpha value is -3.24. The molecule has 0 saturated heterocycles. The summed E-state index contributed by atoms with van der Waals surface area (Å²) in [6, 6.07) is 11.8. The standard InChI is InChI=1S/C19H15FN2O5S2/c1-27-19(24)15-10-11-28-18(15)21-17(23)14-4-2-3-5-16(14)22-29(25,26)13-8-6-12(20)7-9-13/h2-11,22H,1H3,(H,21,23). The van der Waals surface area contributed by atoms with Crippen molar-refractivity contribution in [2.75, 3.05) is 17.1 Å². The molecular weight excluding hydrogens is 419 g/mol. The van der Waals surface area contributed by atoms with E-state index in [1.165, 1.54) is 25.3 Å². The van der Waals surface area contributed by atoms with Gasteiger partial charge < -0.3 is 10.1 Å². The van der Waals surface area contributed by atoms with Gasteiger partial charge >= 0.3 is 5.97 Å². The number of hydrogen-bond donors (Lipinski definition) is 2. The van der Waals surface area contributed by atoms with E-state index in [0.29, 0.717) is 0 Å². The molecule has 0 aliphatic heterocycles. The number of rotatable bonds is 6. The number of methoxy groups -OCH3 is 1. The summed E-state index contributed by atoms with van der Waals surface area (Å²) in [7, 11) is -2.81. The first kappa shape index (κ1) is 20.5. The Morgan fingerprint density at radius 2 is 1.69 bits per heavy atom. The second-order valence-corrected chi connectivity index (χ2v) is 8.31. The normalized spacial score (nSPS) is 11.0. The van der Waals surface area contributed by atoms with Crippen LogP contribution in [-0.2, 0) is 14.8 Å². The molecule has 1 heterocycles. The van der Waals surface area contributed by atoms with Gasteiger partial charge in [-0.25, -0.2) is 17.6 Å². The minimum absolute atomic E-state index is 0.0329. The average Bonchev–Trinajstić information content (AvgIpc) is 3.16. The molecule has 0 aliphatic carbocycles. The number of para-hydroxylation sites is 1. The molecule has 0 radical (unpaired) electrons. The van der Waals surface area contributed by atoms with Crippen molar-refractivity contribution in [3.8, 4) is 0 Å². The number of halogens is 1. The van der Waals surface area contributed by atoms with Crippen LogP contribution in [0.5, 0.6) is 0 Å². The monoisotopic (exact) mass is 434 g/mol. The number of nitrogens with one attached hydrogen (secondary N) is 2. The van der Waals surface area contributed by atoms with Crippen molar-refractivity contribution in [2.45, 2.75) is 4.90 Å². The van der Waals surface area contributed by atoms with Crippen molar-refractivity contribution in [3.63, 3.8) is 0 Å². The predicted octanol–water partition coefficient (Wildman–Crippen LogP) is 3.73. The van der Waals surface area contributed by atoms with Gasteiger partial charge in [0.1, 0.15) is 10.8 Å². The highest BCUT2D eigenvalue weighted by molar-refractivity contribution is 7.92. The quantitative estimate of drug-likeness (QED) is 0.576. The number of sulfonamides is 1. The minimum Gasteiger partial charge on any atom is -0.465 e. The number of carbonyl (C=O) groups is 2. The van der Waals surface area contributed by atoms with Crippen molar-refractivity contribution >= 4 is 43.9 Å². The van der Waals surface area contributed by atoms with Gasteiger partial charge in [-0.1, -0.05) is 12.1 Å². The maximum Gasteiger partial charge on any atom is 0.340 e. The third-order valence-corrected chi connectivity index (χ3v) is 6.05. The van der Waals surface area contributed by atoms with Crippen LogP contribution >= 0.6 is 11.3 Å². The van der Waals surface area contributed by atoms with Crippen LogP contribution in [0.2, 0.25) is 0 Å². The van der Waals surface area contributed by atoms with Crippen molar-refractivity contribution in [2.24, 2.45) is 0 Å². The zero-order valence-corrected chi connectivity index (χ0v) is 16.6. The van der Waals surface area contributed by atoms with Gasteiger partial charge in [-0.15, -0.1) is 11.3 Å². The summed E-state index contributed by atoms with van der Waals surface area (Å²) in [5.41, 5.74) is 0.267. The van der Waals surface area contributed by atoms with E-state index in [1.54, 1.807) is 17.5 Å². The maximum absolute atomic E-state index is 13.1. The van der Waals surface area contributed by atoms with E-state index in [4.69, 9.17) is 0 Å². The molecular formula is C19H15FN2O5S2. The SMILES string of the molecule is COC(=O)c1ccsc1NC(=O)c1ccccc1NS(=O)(=O)c1ccc(F)cc1. The lowest BCUT2D eigenvalue weighted by Gasteiger charge is -2.13. The zero-order valence-electron chi connectivity index (χ0n) is 15.0. The van der Waals surface area contributed by atoms with Crippen molar-refractivity contribution in [1.29, 1.82) is 0 Å². The fraction of sp³-hybridized carbons (Fsp3) is 0.0526. The number of amides is 1. The van der Waals surface area contributed by atoms with Gasteiger partial charge in [-0.05, 0) is 47.8 Å². The van der Waals surface area contributed by atoms with E-state index in [2.05, 4.69) is 14.8 Å². The molecule has 0 aliphatic rings. The van der Waals surface area contributed by atoms with Crippen LogP contribution in [0.25, 0.3) is 0 Å². The largest absolute Gasteiger partial charge is 0.465 e. The van der Waals surface area contributed by atoms with E-state index < -0.39 is 27.7 Å². The van der Waals surface area contributed by atoms with E-state index in [0.717, 1.165) is 35.6 Å². The van der Waals surface area contributed by atoms with Gasteiger partial charge in [-0.2, -0.15) is 0 Å². The Morgan fingerprint density at radius 1 is 1.00 bits per heavy atom. The molecule has 29 heavy (non-hydrogen) atoms. The van der Waals surface area contributed by atoms with E-state index in [1.807, 2.05) is 0 Å². The van der Waals surface area contributed by atoms with Gasteiger partial charge in [0, 0.05) is 0 Å². The molecule has 1 aromatic heterocycles. The highest BCUT2D eigenvalue weighted by Gasteiger charge is 2.21. The van der Waals surface area contributed by atoms with Gasteiger partial charge in [-0.3, -0.25) is 9.52 Å². The van der Waals surface area contributed by atoms with Crippen LogP contribution < -0.4 is 10.0 Å². The van der Waals surface area contributed by atoms with Crippen LogP contribution in [0.4, 0.5) is 15.1 Å². The second-order valence-electron chi connectivity index (χ2n) is 5.71. The molecule has 3 aromatic rings. The van der Waals surface area contributed by atoms with Crippen LogP contribution in [0.15, 0.2) is 64.9 Å². The molecule has 2 N–H and O–H groups in total. The van der Waals surface area contributed by atoms with Gasteiger partial charge in [0.2, 0.25) is 0 Å². The van der Waals surface area contributed by atoms with Crippen LogP contribution in [0, 0.1) is 5.82 Å². The van der Waals surface area contributed by atoms with E-state index in [9.17, 15) is 22.4 Å². The van der Waals surface area contributed by atoms with E-state index >= 15 is 0 Å². The smallest absolute Gasteiger partial charge is 0.340 e. The summed E-state index contributed by atoms with van der Waals surface area (Å²) in [4.78, 5) is 24.3. The number of thiophene rings is 1. The maximum atomic E-state index is 13.1. The lowest BCUT2D eigenvalue weighted by atomic mass is 10.1. The third-order valence-electron chi connectivity index (χ3n) is 3.84. The van der Waals surface area contributed by atoms with Gasteiger partial charge in [0.15, 0.2) is 0 Å². The number of ether oxygens (including phenoxy) is 1. The fourth-order valence-corrected chi connectivity index (χ4v) is 4.28. The molecule has 150 valence electrons. The Kier molecular flexibility index (Phi) is 5.95. The van der Waals surface area contributed by atoms with Crippen LogP contribution in [-0.4, -0.2) is 27.4 Å². The zero-order chi connectivity index (χ0) is 21.0. The lowest BCUT2D eigenvalue weighted by Crippen LogP contribution is -2.19. The Balaban J connectivity index is 1.87. The third kappa shape index (κ3) is 4.61. The van der Waals surface area contributed by atoms with Crippen molar-refractivity contribution in [1.82, 2.24) is 0 Å². The number of carbonyl (C=O) groups excluding carboxylic acids is 2. The summed E-state index contributed by atoms with van der Waals surface area (Å²) >= 11 is 1.13. The molecule has 1 amide bonds. The summed E-state index contributed by atoms with van der Waals surface area (Å²) in [5, 5.41) is 4.48. The Bertz CT molecular complexity index is 1160. The highest BCUT2D eigenvalue weighted by atomic mass is 32.2. The lowest BCUT2D eigenvalue weighted by molar-refractivity contribution is 0.0602. The van der Waals surface area contributed by atoms with Gasteiger partial charge in [0.25, 0.3) is 15.9 Å². The molecule has 0 fully saturated rings. The number of anilines is 2. The minimum atomic E-state index is -4.04. The molecule has 0 unspecified atom stereocenters. The molecule has 7 nitrogen and oxygen atoms in total. The average molecular weight is 434 g/mol. The molecule has 0 spiro atoms. The first-order valence-corrected chi connectivity index (χ1v) is 10.5. The summed E-state index contributed by atoms with van der Waals surface area (Å²) in [6.07, 6.45) is 0. The second kappa shape index (κ2) is 8.41.